The van der Waals surface area contributed by atoms with Gasteiger partial charge in [-0.15, -0.1) is 0 Å². The van der Waals surface area contributed by atoms with Crippen LogP contribution in [0.1, 0.15) is 37.0 Å². The first-order valence-electron chi connectivity index (χ1n) is 7.83. The van der Waals surface area contributed by atoms with E-state index in [2.05, 4.69) is 19.2 Å². The molecule has 0 bridgehead atoms. The SMILES string of the molecule is CC1(C)COc2ccc(C(=O)NCC3CCCO3)cc2OC1. The average molecular weight is 305 g/mol. The summed E-state index contributed by atoms with van der Waals surface area (Å²) in [6.07, 6.45) is 2.22. The van der Waals surface area contributed by atoms with Crippen LogP contribution in [0, 0.1) is 5.41 Å². The maximum Gasteiger partial charge on any atom is 0.251 e. The van der Waals surface area contributed by atoms with Gasteiger partial charge in [0.1, 0.15) is 0 Å². The van der Waals surface area contributed by atoms with E-state index in [1.54, 1.807) is 18.2 Å². The molecule has 1 atom stereocenters. The van der Waals surface area contributed by atoms with Gasteiger partial charge in [0.25, 0.3) is 5.91 Å². The molecule has 2 aliphatic heterocycles. The molecule has 120 valence electrons. The molecule has 5 heteroatoms. The summed E-state index contributed by atoms with van der Waals surface area (Å²) in [5.74, 6) is 1.22. The van der Waals surface area contributed by atoms with Crippen molar-refractivity contribution in [2.24, 2.45) is 5.41 Å². The minimum atomic E-state index is -0.106. The zero-order chi connectivity index (χ0) is 15.6. The lowest BCUT2D eigenvalue weighted by molar-refractivity contribution is 0.0857. The van der Waals surface area contributed by atoms with Crippen molar-refractivity contribution < 1.29 is 19.0 Å². The molecule has 1 saturated heterocycles. The number of nitrogens with one attached hydrogen (secondary N) is 1. The van der Waals surface area contributed by atoms with Crippen LogP contribution in [0.5, 0.6) is 11.5 Å². The molecule has 0 aliphatic carbocycles. The molecular formula is C17H23NO4. The molecule has 0 aromatic heterocycles. The van der Waals surface area contributed by atoms with Crippen LogP contribution in [0.15, 0.2) is 18.2 Å². The highest BCUT2D eigenvalue weighted by molar-refractivity contribution is 5.94. The molecule has 1 aromatic carbocycles. The minimum Gasteiger partial charge on any atom is -0.489 e. The van der Waals surface area contributed by atoms with Gasteiger partial charge in [-0.3, -0.25) is 4.79 Å². The third-order valence-electron chi connectivity index (χ3n) is 3.96. The second-order valence-corrected chi connectivity index (χ2v) is 6.75. The topological polar surface area (TPSA) is 56.8 Å². The molecule has 1 amide bonds. The Labute approximate surface area is 130 Å². The van der Waals surface area contributed by atoms with Gasteiger partial charge in [0.05, 0.1) is 19.3 Å². The number of carbonyl (C=O) groups is 1. The lowest BCUT2D eigenvalue weighted by Gasteiger charge is -2.19. The lowest BCUT2D eigenvalue weighted by atomic mass is 9.97. The Morgan fingerprint density at radius 3 is 2.77 bits per heavy atom. The van der Waals surface area contributed by atoms with E-state index < -0.39 is 0 Å². The fourth-order valence-electron chi connectivity index (χ4n) is 2.58. The van der Waals surface area contributed by atoms with Crippen LogP contribution in [0.2, 0.25) is 0 Å². The molecule has 2 heterocycles. The van der Waals surface area contributed by atoms with Crippen molar-refractivity contribution in [3.8, 4) is 11.5 Å². The Bertz CT molecular complexity index is 550. The molecule has 1 N–H and O–H groups in total. The van der Waals surface area contributed by atoms with Crippen molar-refractivity contribution in [2.75, 3.05) is 26.4 Å². The first kappa shape index (κ1) is 15.2. The van der Waals surface area contributed by atoms with E-state index in [0.717, 1.165) is 19.4 Å². The van der Waals surface area contributed by atoms with E-state index in [1.165, 1.54) is 0 Å². The highest BCUT2D eigenvalue weighted by Crippen LogP contribution is 2.34. The van der Waals surface area contributed by atoms with Crippen molar-refractivity contribution in [2.45, 2.75) is 32.8 Å². The summed E-state index contributed by atoms with van der Waals surface area (Å²) in [5.41, 5.74) is 0.543. The molecule has 2 aliphatic rings. The third kappa shape index (κ3) is 3.53. The van der Waals surface area contributed by atoms with Crippen molar-refractivity contribution in [3.63, 3.8) is 0 Å². The van der Waals surface area contributed by atoms with Gasteiger partial charge < -0.3 is 19.5 Å². The van der Waals surface area contributed by atoms with Crippen molar-refractivity contribution in [1.82, 2.24) is 5.32 Å². The largest absolute Gasteiger partial charge is 0.489 e. The van der Waals surface area contributed by atoms with Crippen LogP contribution in [0.3, 0.4) is 0 Å². The number of benzene rings is 1. The molecule has 0 radical (unpaired) electrons. The molecule has 0 spiro atoms. The Hall–Kier alpha value is -1.75. The zero-order valence-corrected chi connectivity index (χ0v) is 13.2. The number of fused-ring (bicyclic) bond motifs is 1. The van der Waals surface area contributed by atoms with Gasteiger partial charge >= 0.3 is 0 Å². The highest BCUT2D eigenvalue weighted by Gasteiger charge is 2.26. The van der Waals surface area contributed by atoms with Crippen LogP contribution in [0.25, 0.3) is 0 Å². The van der Waals surface area contributed by atoms with Gasteiger partial charge in [-0.1, -0.05) is 13.8 Å². The number of carbonyl (C=O) groups excluding carboxylic acids is 1. The standard InChI is InChI=1S/C17H23NO4/c1-17(2)10-21-14-6-5-12(8-15(14)22-11-17)16(19)18-9-13-4-3-7-20-13/h5-6,8,13H,3-4,7,9-11H2,1-2H3,(H,18,19). The smallest absolute Gasteiger partial charge is 0.251 e. The van der Waals surface area contributed by atoms with Crippen LogP contribution in [-0.4, -0.2) is 38.4 Å². The van der Waals surface area contributed by atoms with Gasteiger partial charge in [-0.05, 0) is 31.0 Å². The molecule has 0 saturated carbocycles. The fourth-order valence-corrected chi connectivity index (χ4v) is 2.58. The third-order valence-corrected chi connectivity index (χ3v) is 3.96. The molecule has 5 nitrogen and oxygen atoms in total. The number of rotatable bonds is 3. The second-order valence-electron chi connectivity index (χ2n) is 6.75. The second kappa shape index (κ2) is 6.16. The summed E-state index contributed by atoms with van der Waals surface area (Å²) in [6.45, 7) is 6.70. The van der Waals surface area contributed by atoms with Crippen LogP contribution < -0.4 is 14.8 Å². The highest BCUT2D eigenvalue weighted by atomic mass is 16.5. The van der Waals surface area contributed by atoms with Crippen molar-refractivity contribution >= 4 is 5.91 Å². The predicted molar refractivity (Wildman–Crippen MR) is 82.5 cm³/mol. The van der Waals surface area contributed by atoms with E-state index >= 15 is 0 Å². The number of ether oxygens (including phenoxy) is 3. The van der Waals surface area contributed by atoms with Crippen LogP contribution in [-0.2, 0) is 4.74 Å². The lowest BCUT2D eigenvalue weighted by Crippen LogP contribution is -2.31. The van der Waals surface area contributed by atoms with Gasteiger partial charge in [-0.2, -0.15) is 0 Å². The van der Waals surface area contributed by atoms with Gasteiger partial charge in [0, 0.05) is 24.1 Å². The molecule has 1 aromatic rings. The Morgan fingerprint density at radius 1 is 1.27 bits per heavy atom. The van der Waals surface area contributed by atoms with E-state index in [9.17, 15) is 4.79 Å². The fraction of sp³-hybridized carbons (Fsp3) is 0.588. The summed E-state index contributed by atoms with van der Waals surface area (Å²) >= 11 is 0. The van der Waals surface area contributed by atoms with E-state index in [0.29, 0.717) is 36.8 Å². The summed E-state index contributed by atoms with van der Waals surface area (Å²) in [7, 11) is 0. The minimum absolute atomic E-state index is 0.0404. The van der Waals surface area contributed by atoms with E-state index in [-0.39, 0.29) is 17.4 Å². The maximum absolute atomic E-state index is 12.2. The van der Waals surface area contributed by atoms with Gasteiger partial charge in [0.15, 0.2) is 11.5 Å². The van der Waals surface area contributed by atoms with Crippen LogP contribution in [0.4, 0.5) is 0 Å². The normalized spacial score (nSPS) is 22.9. The Morgan fingerprint density at radius 2 is 2.05 bits per heavy atom. The summed E-state index contributed by atoms with van der Waals surface area (Å²) < 4.78 is 17.1. The van der Waals surface area contributed by atoms with Crippen molar-refractivity contribution in [3.05, 3.63) is 23.8 Å². The monoisotopic (exact) mass is 305 g/mol. The quantitative estimate of drug-likeness (QED) is 0.931. The predicted octanol–water partition coefficient (Wildman–Crippen LogP) is 2.39. The molecule has 1 unspecified atom stereocenters. The molecule has 3 rings (SSSR count). The zero-order valence-electron chi connectivity index (χ0n) is 13.2. The van der Waals surface area contributed by atoms with Crippen molar-refractivity contribution in [1.29, 1.82) is 0 Å². The van der Waals surface area contributed by atoms with E-state index in [1.807, 2.05) is 0 Å². The average Bonchev–Trinajstić information content (AvgIpc) is 2.97. The molecule has 1 fully saturated rings. The van der Waals surface area contributed by atoms with Crippen LogP contribution >= 0.6 is 0 Å². The summed E-state index contributed by atoms with van der Waals surface area (Å²) in [4.78, 5) is 12.2. The molecule has 22 heavy (non-hydrogen) atoms. The van der Waals surface area contributed by atoms with Gasteiger partial charge in [-0.25, -0.2) is 0 Å². The molecular weight excluding hydrogens is 282 g/mol. The van der Waals surface area contributed by atoms with Gasteiger partial charge in [0.2, 0.25) is 0 Å². The summed E-state index contributed by atoms with van der Waals surface area (Å²) in [5, 5.41) is 2.92. The summed E-state index contributed by atoms with van der Waals surface area (Å²) in [6, 6.07) is 5.32. The number of hydrogen-bond acceptors (Lipinski definition) is 4. The number of amides is 1. The Kier molecular flexibility index (Phi) is 4.25. The maximum atomic E-state index is 12.2. The Balaban J connectivity index is 1.65. The first-order chi connectivity index (χ1) is 10.5. The first-order valence-corrected chi connectivity index (χ1v) is 7.83. The van der Waals surface area contributed by atoms with E-state index in [4.69, 9.17) is 14.2 Å². The number of hydrogen-bond donors (Lipinski definition) is 1.